The SMILES string of the molecule is CCC(=O)C(C)NS(=O)(=O)c1ccc([N+](=O)[O-])cc1F. The van der Waals surface area contributed by atoms with Crippen LogP contribution in [0, 0.1) is 15.9 Å². The van der Waals surface area contributed by atoms with E-state index >= 15 is 0 Å². The van der Waals surface area contributed by atoms with Crippen LogP contribution in [0.3, 0.4) is 0 Å². The zero-order chi connectivity index (χ0) is 15.5. The van der Waals surface area contributed by atoms with Gasteiger partial charge < -0.3 is 0 Å². The van der Waals surface area contributed by atoms with Crippen molar-refractivity contribution in [2.75, 3.05) is 0 Å². The molecule has 0 spiro atoms. The maximum absolute atomic E-state index is 13.6. The van der Waals surface area contributed by atoms with Gasteiger partial charge in [-0.1, -0.05) is 6.92 Å². The average molecular weight is 304 g/mol. The van der Waals surface area contributed by atoms with Crippen LogP contribution < -0.4 is 4.72 Å². The number of halogens is 1. The first-order chi connectivity index (χ1) is 9.19. The third kappa shape index (κ3) is 3.58. The molecule has 7 nitrogen and oxygen atoms in total. The maximum atomic E-state index is 13.6. The van der Waals surface area contributed by atoms with Crippen LogP contribution in [0.5, 0.6) is 0 Å². The molecule has 0 saturated carbocycles. The molecule has 20 heavy (non-hydrogen) atoms. The number of nitrogens with zero attached hydrogens (tertiary/aromatic N) is 1. The Morgan fingerprint density at radius 2 is 2.10 bits per heavy atom. The summed E-state index contributed by atoms with van der Waals surface area (Å²) in [7, 11) is -4.26. The monoisotopic (exact) mass is 304 g/mol. The fraction of sp³-hybridized carbons (Fsp3) is 0.364. The predicted molar refractivity (Wildman–Crippen MR) is 68.1 cm³/mol. The van der Waals surface area contributed by atoms with E-state index < -0.39 is 37.4 Å². The van der Waals surface area contributed by atoms with Gasteiger partial charge in [0, 0.05) is 12.5 Å². The third-order valence-electron chi connectivity index (χ3n) is 2.58. The summed E-state index contributed by atoms with van der Waals surface area (Å²) >= 11 is 0. The van der Waals surface area contributed by atoms with Crippen LogP contribution in [0.4, 0.5) is 10.1 Å². The van der Waals surface area contributed by atoms with Crippen LogP contribution in [0.15, 0.2) is 23.1 Å². The molecule has 0 aliphatic rings. The average Bonchev–Trinajstić information content (AvgIpc) is 2.36. The molecule has 0 aliphatic heterocycles. The lowest BCUT2D eigenvalue weighted by atomic mass is 10.2. The molecule has 9 heteroatoms. The van der Waals surface area contributed by atoms with E-state index in [0.717, 1.165) is 12.1 Å². The minimum atomic E-state index is -4.26. The van der Waals surface area contributed by atoms with Crippen molar-refractivity contribution in [3.05, 3.63) is 34.1 Å². The number of benzene rings is 1. The van der Waals surface area contributed by atoms with Crippen molar-refractivity contribution >= 4 is 21.5 Å². The first-order valence-electron chi connectivity index (χ1n) is 5.68. The van der Waals surface area contributed by atoms with Crippen molar-refractivity contribution in [3.8, 4) is 0 Å². The molecule has 1 atom stereocenters. The van der Waals surface area contributed by atoms with Crippen LogP contribution in [-0.2, 0) is 14.8 Å². The molecule has 1 aromatic carbocycles. The molecule has 0 amide bonds. The Morgan fingerprint density at radius 1 is 1.50 bits per heavy atom. The van der Waals surface area contributed by atoms with Crippen molar-refractivity contribution in [2.24, 2.45) is 0 Å². The summed E-state index contributed by atoms with van der Waals surface area (Å²) < 4.78 is 39.4. The minimum Gasteiger partial charge on any atom is -0.298 e. The summed E-state index contributed by atoms with van der Waals surface area (Å²) in [6, 6.07) is 1.18. The molecule has 1 N–H and O–H groups in total. The lowest BCUT2D eigenvalue weighted by molar-refractivity contribution is -0.385. The van der Waals surface area contributed by atoms with Gasteiger partial charge in [0.1, 0.15) is 16.5 Å². The molecule has 1 rings (SSSR count). The molecular formula is C11H13FN2O5S. The molecule has 0 fully saturated rings. The normalized spacial score (nSPS) is 12.9. The Kier molecular flexibility index (Phi) is 4.90. The van der Waals surface area contributed by atoms with Crippen LogP contribution >= 0.6 is 0 Å². The molecule has 0 bridgehead atoms. The van der Waals surface area contributed by atoms with Crippen LogP contribution in [0.25, 0.3) is 0 Å². The van der Waals surface area contributed by atoms with Crippen molar-refractivity contribution in [1.29, 1.82) is 0 Å². The quantitative estimate of drug-likeness (QED) is 0.631. The predicted octanol–water partition coefficient (Wildman–Crippen LogP) is 1.38. The number of sulfonamides is 1. The van der Waals surface area contributed by atoms with Gasteiger partial charge >= 0.3 is 0 Å². The van der Waals surface area contributed by atoms with E-state index in [9.17, 15) is 27.7 Å². The van der Waals surface area contributed by atoms with E-state index in [2.05, 4.69) is 0 Å². The standard InChI is InChI=1S/C11H13FN2O5S/c1-3-10(15)7(2)13-20(18,19)11-5-4-8(14(16)17)6-9(11)12/h4-7,13H,3H2,1-2H3. The lowest BCUT2D eigenvalue weighted by Crippen LogP contribution is -2.38. The highest BCUT2D eigenvalue weighted by Gasteiger charge is 2.25. The minimum absolute atomic E-state index is 0.131. The molecule has 0 radical (unpaired) electrons. The number of carbonyl (C=O) groups is 1. The highest BCUT2D eigenvalue weighted by Crippen LogP contribution is 2.20. The Labute approximate surface area is 115 Å². The van der Waals surface area contributed by atoms with Gasteiger partial charge in [-0.15, -0.1) is 0 Å². The molecule has 0 aliphatic carbocycles. The number of ketones is 1. The Hall–Kier alpha value is -1.87. The van der Waals surface area contributed by atoms with Gasteiger partial charge in [-0.2, -0.15) is 0 Å². The van der Waals surface area contributed by atoms with Crippen molar-refractivity contribution in [1.82, 2.24) is 4.72 Å². The van der Waals surface area contributed by atoms with E-state index in [0.29, 0.717) is 6.07 Å². The zero-order valence-electron chi connectivity index (χ0n) is 10.8. The van der Waals surface area contributed by atoms with Gasteiger partial charge in [0.05, 0.1) is 17.0 Å². The largest absolute Gasteiger partial charge is 0.298 e. The van der Waals surface area contributed by atoms with Crippen LogP contribution in [0.2, 0.25) is 0 Å². The second-order valence-electron chi connectivity index (χ2n) is 4.03. The lowest BCUT2D eigenvalue weighted by Gasteiger charge is -2.12. The van der Waals surface area contributed by atoms with Gasteiger partial charge in [0.2, 0.25) is 10.0 Å². The van der Waals surface area contributed by atoms with Crippen LogP contribution in [0.1, 0.15) is 20.3 Å². The Bertz CT molecular complexity index is 644. The summed E-state index contributed by atoms with van der Waals surface area (Å²) in [5, 5.41) is 10.4. The first-order valence-corrected chi connectivity index (χ1v) is 7.16. The molecule has 110 valence electrons. The van der Waals surface area contributed by atoms with Gasteiger partial charge in [-0.05, 0) is 13.0 Å². The summed E-state index contributed by atoms with van der Waals surface area (Å²) in [4.78, 5) is 20.2. The number of rotatable bonds is 6. The molecule has 0 aromatic heterocycles. The fourth-order valence-electron chi connectivity index (χ4n) is 1.49. The molecule has 0 saturated heterocycles. The summed E-state index contributed by atoms with van der Waals surface area (Å²) in [6.07, 6.45) is 0.131. The number of Topliss-reactive ketones (excluding diaryl/α,β-unsaturated/α-hetero) is 1. The van der Waals surface area contributed by atoms with E-state index in [1.807, 2.05) is 4.72 Å². The van der Waals surface area contributed by atoms with E-state index in [4.69, 9.17) is 0 Å². The molecule has 0 heterocycles. The molecule has 1 unspecified atom stereocenters. The second-order valence-corrected chi connectivity index (χ2v) is 5.72. The van der Waals surface area contributed by atoms with Crippen LogP contribution in [-0.4, -0.2) is 25.2 Å². The van der Waals surface area contributed by atoms with Gasteiger partial charge in [0.25, 0.3) is 5.69 Å². The maximum Gasteiger partial charge on any atom is 0.272 e. The van der Waals surface area contributed by atoms with E-state index in [-0.39, 0.29) is 12.2 Å². The Morgan fingerprint density at radius 3 is 2.55 bits per heavy atom. The number of nitro benzene ring substituents is 1. The van der Waals surface area contributed by atoms with Crippen molar-refractivity contribution in [2.45, 2.75) is 31.2 Å². The number of carbonyl (C=O) groups excluding carboxylic acids is 1. The number of non-ortho nitro benzene ring substituents is 1. The summed E-state index contributed by atoms with van der Waals surface area (Å²) in [5.41, 5.74) is -0.556. The van der Waals surface area contributed by atoms with E-state index in [1.165, 1.54) is 6.92 Å². The number of nitro groups is 1. The number of nitrogens with one attached hydrogen (secondary N) is 1. The van der Waals surface area contributed by atoms with Crippen molar-refractivity contribution < 1.29 is 22.5 Å². The fourth-order valence-corrected chi connectivity index (χ4v) is 2.78. The van der Waals surface area contributed by atoms with Crippen molar-refractivity contribution in [3.63, 3.8) is 0 Å². The smallest absolute Gasteiger partial charge is 0.272 e. The third-order valence-corrected chi connectivity index (χ3v) is 4.15. The Balaban J connectivity index is 3.10. The molecule has 1 aromatic rings. The number of hydrogen-bond donors (Lipinski definition) is 1. The second kappa shape index (κ2) is 6.06. The summed E-state index contributed by atoms with van der Waals surface area (Å²) in [6.45, 7) is 2.91. The highest BCUT2D eigenvalue weighted by atomic mass is 32.2. The zero-order valence-corrected chi connectivity index (χ0v) is 11.6. The van der Waals surface area contributed by atoms with Gasteiger partial charge in [0.15, 0.2) is 0 Å². The molecular weight excluding hydrogens is 291 g/mol. The highest BCUT2D eigenvalue weighted by molar-refractivity contribution is 7.89. The van der Waals surface area contributed by atoms with Gasteiger partial charge in [-0.3, -0.25) is 14.9 Å². The van der Waals surface area contributed by atoms with Gasteiger partial charge in [-0.25, -0.2) is 17.5 Å². The van der Waals surface area contributed by atoms with E-state index in [1.54, 1.807) is 6.92 Å². The summed E-state index contributed by atoms with van der Waals surface area (Å²) in [5.74, 6) is -1.60. The first kappa shape index (κ1) is 16.2. The number of hydrogen-bond acceptors (Lipinski definition) is 5. The topological polar surface area (TPSA) is 106 Å².